The van der Waals surface area contributed by atoms with Crippen LogP contribution in [0, 0.1) is 0 Å². The predicted molar refractivity (Wildman–Crippen MR) is 99.1 cm³/mol. The van der Waals surface area contributed by atoms with Crippen LogP contribution in [0.15, 0.2) is 52.9 Å². The smallest absolute Gasteiger partial charge is 0.456 e. The molecule has 0 aliphatic rings. The van der Waals surface area contributed by atoms with E-state index in [9.17, 15) is 27.5 Å². The summed E-state index contributed by atoms with van der Waals surface area (Å²) in [5.41, 5.74) is 5.68. The molecule has 0 amide bonds. The van der Waals surface area contributed by atoms with Gasteiger partial charge in [0.15, 0.2) is 0 Å². The number of benzene rings is 2. The monoisotopic (exact) mass is 458 g/mol. The summed E-state index contributed by atoms with van der Waals surface area (Å²) >= 11 is 0. The number of halogens is 6. The van der Waals surface area contributed by atoms with Crippen molar-refractivity contribution in [1.82, 2.24) is 0 Å². The first-order valence-electron chi connectivity index (χ1n) is 6.04. The normalized spacial score (nSPS) is 11.4. The molecule has 14 heteroatoms. The van der Waals surface area contributed by atoms with E-state index in [1.54, 1.807) is 18.2 Å². The Hall–Kier alpha value is -2.48. The lowest BCUT2D eigenvalue weighted by atomic mass is 10.3. The van der Waals surface area contributed by atoms with Crippen molar-refractivity contribution in [3.05, 3.63) is 48.5 Å². The zero-order chi connectivity index (χ0) is 20.6. The molecule has 0 aromatic heterocycles. The summed E-state index contributed by atoms with van der Waals surface area (Å²) in [6.45, 7) is 0. The second kappa shape index (κ2) is 11.4. The third-order valence-corrected chi connectivity index (χ3v) is 2.33. The molecule has 0 aliphatic heterocycles. The minimum atomic E-state index is -8.10. The van der Waals surface area contributed by atoms with E-state index in [2.05, 4.69) is 4.36 Å². The summed E-state index contributed by atoms with van der Waals surface area (Å²) in [4.78, 5) is 0. The SMILES string of the molecule is C.C.Nc1cccc(O)c1.O=S(F)(F)(F)F.O=S(F)(F)=Nc1cccc(O)c1. The Kier molecular flexibility index (Phi) is 12.3. The van der Waals surface area contributed by atoms with Crippen LogP contribution >= 0.6 is 0 Å². The van der Waals surface area contributed by atoms with Gasteiger partial charge < -0.3 is 15.9 Å². The molecule has 6 nitrogen and oxygen atoms in total. The number of phenols is 2. The van der Waals surface area contributed by atoms with E-state index in [-0.39, 0.29) is 32.0 Å². The summed E-state index contributed by atoms with van der Waals surface area (Å²) in [6.07, 6.45) is 0. The molecule has 2 rings (SSSR count). The number of hydrogen-bond acceptors (Lipinski definition) is 6. The van der Waals surface area contributed by atoms with Crippen LogP contribution in [-0.4, -0.2) is 18.6 Å². The third kappa shape index (κ3) is 23.5. The first-order chi connectivity index (χ1) is 11.5. The Labute approximate surface area is 160 Å². The number of rotatable bonds is 1. The largest absolute Gasteiger partial charge is 0.508 e. The Bertz CT molecular complexity index is 881. The highest BCUT2D eigenvalue weighted by Crippen LogP contribution is 2.31. The summed E-state index contributed by atoms with van der Waals surface area (Å²) in [5.74, 6) is 0.0184. The molecule has 0 heterocycles. The van der Waals surface area contributed by atoms with Gasteiger partial charge in [-0.05, 0) is 24.3 Å². The first-order valence-corrected chi connectivity index (χ1v) is 8.93. The molecule has 0 unspecified atom stereocenters. The van der Waals surface area contributed by atoms with E-state index in [0.717, 1.165) is 6.07 Å². The number of anilines is 1. The number of nitrogens with two attached hydrogens (primary N) is 1. The summed E-state index contributed by atoms with van der Waals surface area (Å²) < 4.78 is 83.9. The van der Waals surface area contributed by atoms with E-state index < -0.39 is 21.1 Å². The predicted octanol–water partition coefficient (Wildman–Crippen LogP) is 5.85. The Balaban J connectivity index is -0.000000344. The lowest BCUT2D eigenvalue weighted by Gasteiger charge is -1.95. The molecule has 0 bridgehead atoms. The Morgan fingerprint density at radius 1 is 0.893 bits per heavy atom. The molecule has 0 fully saturated rings. The second-order valence-electron chi connectivity index (χ2n) is 4.20. The van der Waals surface area contributed by atoms with Gasteiger partial charge in [-0.25, -0.2) is 0 Å². The highest BCUT2D eigenvalue weighted by Gasteiger charge is 2.33. The maximum atomic E-state index is 11.8. The summed E-state index contributed by atoms with van der Waals surface area (Å²) in [6, 6.07) is 11.4. The number of hydrogen-bond donors (Lipinski definition) is 3. The molecule has 2 aromatic carbocycles. The lowest BCUT2D eigenvalue weighted by Crippen LogP contribution is -1.97. The van der Waals surface area contributed by atoms with Gasteiger partial charge in [-0.15, -0.1) is 4.36 Å². The summed E-state index contributed by atoms with van der Waals surface area (Å²) in [7, 11) is -13.2. The first kappa shape index (κ1) is 30.3. The van der Waals surface area contributed by atoms with Crippen molar-refractivity contribution in [1.29, 1.82) is 0 Å². The zero-order valence-corrected chi connectivity index (χ0v) is 14.1. The second-order valence-corrected chi connectivity index (χ2v) is 6.38. The number of aromatic hydroxyl groups is 2. The van der Waals surface area contributed by atoms with Crippen molar-refractivity contribution >= 4 is 32.5 Å². The van der Waals surface area contributed by atoms with E-state index in [0.29, 0.717) is 5.69 Å². The molecule has 28 heavy (non-hydrogen) atoms. The molecule has 4 N–H and O–H groups in total. The van der Waals surface area contributed by atoms with E-state index in [4.69, 9.17) is 20.2 Å². The number of nitrogen functional groups attached to an aromatic ring is 1. The van der Waals surface area contributed by atoms with Gasteiger partial charge in [0.05, 0.1) is 5.69 Å². The fourth-order valence-electron chi connectivity index (χ4n) is 1.20. The highest BCUT2D eigenvalue weighted by atomic mass is 32.4. The fraction of sp³-hybridized carbons (Fsp3) is 0.143. The van der Waals surface area contributed by atoms with Crippen LogP contribution in [0.25, 0.3) is 0 Å². The van der Waals surface area contributed by atoms with E-state index in [1.165, 1.54) is 24.3 Å². The maximum absolute atomic E-state index is 11.8. The molecular formula is C14H20F6N2O4S2. The van der Waals surface area contributed by atoms with Crippen LogP contribution in [0.2, 0.25) is 0 Å². The van der Waals surface area contributed by atoms with Crippen LogP contribution in [0.4, 0.5) is 34.7 Å². The van der Waals surface area contributed by atoms with Gasteiger partial charge in [-0.1, -0.05) is 50.3 Å². The van der Waals surface area contributed by atoms with Crippen LogP contribution in [-0.2, 0) is 21.1 Å². The quantitative estimate of drug-likeness (QED) is 0.282. The van der Waals surface area contributed by atoms with Gasteiger partial charge in [0.25, 0.3) is 0 Å². The molecule has 2 aromatic rings. The van der Waals surface area contributed by atoms with Crippen LogP contribution in [0.5, 0.6) is 11.5 Å². The van der Waals surface area contributed by atoms with Gasteiger partial charge in [-0.2, -0.15) is 8.42 Å². The average Bonchev–Trinajstić information content (AvgIpc) is 2.33. The molecule has 0 saturated heterocycles. The van der Waals surface area contributed by atoms with Gasteiger partial charge in [0.1, 0.15) is 11.5 Å². The standard InChI is InChI=1S/C6H5F2NO2S.C6H7NO.2CH4.F4OS/c7-12(8,11)9-5-2-1-3-6(10)4-5;7-5-2-1-3-6(8)4-5;;;1-6(2,3,4)5/h1-4,10H;1-4,8H,7H2;2*1H4;. The van der Waals surface area contributed by atoms with E-state index >= 15 is 0 Å². The van der Waals surface area contributed by atoms with Gasteiger partial charge in [0, 0.05) is 17.8 Å². The van der Waals surface area contributed by atoms with Crippen LogP contribution < -0.4 is 5.73 Å². The van der Waals surface area contributed by atoms with Gasteiger partial charge in [-0.3, -0.25) is 0 Å². The fourth-order valence-corrected chi connectivity index (χ4v) is 1.56. The molecule has 0 aliphatic carbocycles. The molecule has 164 valence electrons. The zero-order valence-electron chi connectivity index (χ0n) is 12.4. The highest BCUT2D eigenvalue weighted by molar-refractivity contribution is 8.01. The topological polar surface area (TPSA) is 113 Å². The van der Waals surface area contributed by atoms with Crippen molar-refractivity contribution in [2.24, 2.45) is 4.36 Å². The molecule has 0 spiro atoms. The molecule has 0 atom stereocenters. The lowest BCUT2D eigenvalue weighted by molar-refractivity contribution is 0.403. The number of phenolic OH excluding ortho intramolecular Hbond substituents is 2. The van der Waals surface area contributed by atoms with Crippen molar-refractivity contribution in [2.45, 2.75) is 14.9 Å². The van der Waals surface area contributed by atoms with Crippen LogP contribution in [0.1, 0.15) is 14.9 Å². The van der Waals surface area contributed by atoms with Gasteiger partial charge in [0.2, 0.25) is 0 Å². The molecule has 0 saturated carbocycles. The number of nitrogens with zero attached hydrogens (tertiary/aromatic N) is 1. The van der Waals surface area contributed by atoms with Gasteiger partial charge >= 0.3 is 21.1 Å². The van der Waals surface area contributed by atoms with Crippen molar-refractivity contribution in [3.63, 3.8) is 0 Å². The van der Waals surface area contributed by atoms with Crippen molar-refractivity contribution < 1.29 is 41.9 Å². The molecule has 0 radical (unpaired) electrons. The molecular weight excluding hydrogens is 438 g/mol. The minimum Gasteiger partial charge on any atom is -0.508 e. The van der Waals surface area contributed by atoms with Crippen LogP contribution in [0.3, 0.4) is 0 Å². The maximum Gasteiger partial charge on any atom is 0.456 e. The third-order valence-electron chi connectivity index (χ3n) is 1.91. The van der Waals surface area contributed by atoms with Crippen molar-refractivity contribution in [2.75, 3.05) is 5.73 Å². The average molecular weight is 458 g/mol. The van der Waals surface area contributed by atoms with Crippen molar-refractivity contribution in [3.8, 4) is 11.5 Å². The summed E-state index contributed by atoms with van der Waals surface area (Å²) in [5, 5.41) is 17.5. The Morgan fingerprint density at radius 3 is 1.57 bits per heavy atom. The minimum absolute atomic E-state index is 0. The Morgan fingerprint density at radius 2 is 1.29 bits per heavy atom. The van der Waals surface area contributed by atoms with E-state index in [1.807, 2.05) is 0 Å².